The zero-order valence-electron chi connectivity index (χ0n) is 14.0. The number of thioether (sulfide) groups is 1. The van der Waals surface area contributed by atoms with Gasteiger partial charge in [-0.05, 0) is 30.2 Å². The molecule has 0 saturated carbocycles. The number of amides is 1. The number of hydrogen-bond acceptors (Lipinski definition) is 4. The van der Waals surface area contributed by atoms with Crippen molar-refractivity contribution in [3.63, 3.8) is 0 Å². The lowest BCUT2D eigenvalue weighted by atomic mass is 10.1. The van der Waals surface area contributed by atoms with Crippen molar-refractivity contribution in [2.75, 3.05) is 11.1 Å². The third-order valence-electron chi connectivity index (χ3n) is 3.71. The van der Waals surface area contributed by atoms with E-state index >= 15 is 0 Å². The summed E-state index contributed by atoms with van der Waals surface area (Å²) in [7, 11) is 0. The summed E-state index contributed by atoms with van der Waals surface area (Å²) >= 11 is 6.84. The van der Waals surface area contributed by atoms with Crippen molar-refractivity contribution in [2.45, 2.75) is 24.7 Å². The average molecular weight is 415 g/mol. The van der Waals surface area contributed by atoms with Gasteiger partial charge in [-0.25, -0.2) is 0 Å². The number of alkyl halides is 3. The van der Waals surface area contributed by atoms with Crippen LogP contribution in [0.5, 0.6) is 0 Å². The van der Waals surface area contributed by atoms with Crippen LogP contribution in [0.4, 0.5) is 18.9 Å². The highest BCUT2D eigenvalue weighted by Crippen LogP contribution is 2.33. The molecule has 5 nitrogen and oxygen atoms in total. The van der Waals surface area contributed by atoms with Gasteiger partial charge in [0.2, 0.25) is 5.91 Å². The number of hydrogen-bond donors (Lipinski definition) is 1. The van der Waals surface area contributed by atoms with Crippen LogP contribution in [0.1, 0.15) is 18.1 Å². The van der Waals surface area contributed by atoms with Gasteiger partial charge in [-0.15, -0.1) is 10.2 Å². The van der Waals surface area contributed by atoms with Crippen LogP contribution in [0.2, 0.25) is 5.02 Å². The summed E-state index contributed by atoms with van der Waals surface area (Å²) in [5, 5.41) is 10.4. The van der Waals surface area contributed by atoms with E-state index in [0.717, 1.165) is 40.4 Å². The van der Waals surface area contributed by atoms with E-state index in [1.54, 1.807) is 6.07 Å². The van der Waals surface area contributed by atoms with E-state index in [1.807, 2.05) is 25.1 Å². The zero-order chi connectivity index (χ0) is 19.6. The van der Waals surface area contributed by atoms with Gasteiger partial charge in [0.05, 0.1) is 16.3 Å². The largest absolute Gasteiger partial charge is 0.417 e. The Morgan fingerprint density at radius 2 is 2.07 bits per heavy atom. The summed E-state index contributed by atoms with van der Waals surface area (Å²) in [4.78, 5) is 12.1. The van der Waals surface area contributed by atoms with Crippen molar-refractivity contribution >= 4 is 40.6 Å². The van der Waals surface area contributed by atoms with Gasteiger partial charge >= 0.3 is 6.18 Å². The number of aryl methyl sites for hydroxylation is 1. The van der Waals surface area contributed by atoms with Gasteiger partial charge in [0, 0.05) is 11.9 Å². The lowest BCUT2D eigenvalue weighted by Crippen LogP contribution is -2.14. The number of anilines is 1. The lowest BCUT2D eigenvalue weighted by Gasteiger charge is -2.09. The molecule has 0 atom stereocenters. The van der Waals surface area contributed by atoms with Crippen LogP contribution in [-0.4, -0.2) is 26.3 Å². The molecule has 0 aliphatic rings. The molecule has 0 saturated heterocycles. The van der Waals surface area contributed by atoms with Crippen molar-refractivity contribution in [1.82, 2.24) is 14.6 Å². The van der Waals surface area contributed by atoms with Gasteiger partial charge in [0.25, 0.3) is 0 Å². The highest BCUT2D eigenvalue weighted by molar-refractivity contribution is 7.99. The summed E-state index contributed by atoms with van der Waals surface area (Å²) in [6.45, 7) is 2.01. The Labute approximate surface area is 161 Å². The molecule has 1 aromatic carbocycles. The standard InChI is InChI=1S/C17H14ClF3N4OS/c1-2-10-4-3-5-12(6-10)22-14(26)9-27-16-24-23-15-13(18)7-11(8-25(15)16)17(19,20)21/h3-8H,2,9H2,1H3,(H,22,26). The topological polar surface area (TPSA) is 59.3 Å². The zero-order valence-corrected chi connectivity index (χ0v) is 15.6. The Hall–Kier alpha value is -2.26. The first kappa shape index (κ1) is 19.5. The van der Waals surface area contributed by atoms with E-state index in [1.165, 1.54) is 0 Å². The van der Waals surface area contributed by atoms with Gasteiger partial charge in [-0.3, -0.25) is 9.20 Å². The lowest BCUT2D eigenvalue weighted by molar-refractivity contribution is -0.137. The fourth-order valence-electron chi connectivity index (χ4n) is 2.38. The Morgan fingerprint density at radius 3 is 2.78 bits per heavy atom. The number of halogens is 4. The maximum Gasteiger partial charge on any atom is 0.417 e. The second kappa shape index (κ2) is 7.77. The van der Waals surface area contributed by atoms with E-state index in [0.29, 0.717) is 5.69 Å². The molecule has 1 amide bonds. The number of rotatable bonds is 5. The minimum atomic E-state index is -4.55. The van der Waals surface area contributed by atoms with E-state index in [2.05, 4.69) is 15.5 Å². The summed E-state index contributed by atoms with van der Waals surface area (Å²) < 4.78 is 40.0. The first-order valence-corrected chi connectivity index (χ1v) is 9.27. The van der Waals surface area contributed by atoms with Crippen LogP contribution in [0, 0.1) is 0 Å². The van der Waals surface area contributed by atoms with Crippen molar-refractivity contribution in [1.29, 1.82) is 0 Å². The van der Waals surface area contributed by atoms with E-state index in [9.17, 15) is 18.0 Å². The number of aromatic nitrogens is 3. The van der Waals surface area contributed by atoms with Crippen LogP contribution in [-0.2, 0) is 17.4 Å². The first-order chi connectivity index (χ1) is 12.8. The molecule has 0 spiro atoms. The summed E-state index contributed by atoms with van der Waals surface area (Å²) in [6.07, 6.45) is -2.84. The maximum absolute atomic E-state index is 13.0. The summed E-state index contributed by atoms with van der Waals surface area (Å²) in [5.41, 5.74) is 0.928. The SMILES string of the molecule is CCc1cccc(NC(=O)CSc2nnc3c(Cl)cc(C(F)(F)F)cn23)c1. The molecule has 3 aromatic rings. The molecule has 0 radical (unpaired) electrons. The molecule has 2 heterocycles. The Balaban J connectivity index is 1.74. The van der Waals surface area contributed by atoms with Crippen molar-refractivity contribution in [3.8, 4) is 0 Å². The third kappa shape index (κ3) is 4.54. The van der Waals surface area contributed by atoms with E-state index < -0.39 is 11.7 Å². The Kier molecular flexibility index (Phi) is 5.61. The van der Waals surface area contributed by atoms with Crippen LogP contribution in [0.15, 0.2) is 41.7 Å². The van der Waals surface area contributed by atoms with Crippen LogP contribution in [0.25, 0.3) is 5.65 Å². The number of nitrogens with one attached hydrogen (secondary N) is 1. The number of carbonyl (C=O) groups is 1. The van der Waals surface area contributed by atoms with Gasteiger partial charge in [-0.2, -0.15) is 13.2 Å². The van der Waals surface area contributed by atoms with Gasteiger partial charge < -0.3 is 5.32 Å². The minimum absolute atomic E-state index is 0.0367. The van der Waals surface area contributed by atoms with Crippen molar-refractivity contribution < 1.29 is 18.0 Å². The molecule has 2 aromatic heterocycles. The fraction of sp³-hybridized carbons (Fsp3) is 0.235. The van der Waals surface area contributed by atoms with Crippen molar-refractivity contribution in [2.24, 2.45) is 0 Å². The van der Waals surface area contributed by atoms with Crippen LogP contribution in [0.3, 0.4) is 0 Å². The number of fused-ring (bicyclic) bond motifs is 1. The predicted octanol–water partition coefficient (Wildman–Crippen LogP) is 4.69. The number of benzene rings is 1. The van der Waals surface area contributed by atoms with Crippen LogP contribution >= 0.6 is 23.4 Å². The molecule has 0 bridgehead atoms. The molecule has 0 unspecified atom stereocenters. The van der Waals surface area contributed by atoms with Gasteiger partial charge in [0.15, 0.2) is 10.8 Å². The molecular weight excluding hydrogens is 401 g/mol. The molecule has 0 aliphatic carbocycles. The molecule has 0 fully saturated rings. The highest BCUT2D eigenvalue weighted by Gasteiger charge is 2.32. The smallest absolute Gasteiger partial charge is 0.325 e. The monoisotopic (exact) mass is 414 g/mol. The summed E-state index contributed by atoms with van der Waals surface area (Å²) in [6, 6.07) is 8.23. The third-order valence-corrected chi connectivity index (χ3v) is 4.93. The first-order valence-electron chi connectivity index (χ1n) is 7.91. The molecule has 142 valence electrons. The van der Waals surface area contributed by atoms with Gasteiger partial charge in [-0.1, -0.05) is 42.4 Å². The average Bonchev–Trinajstić information content (AvgIpc) is 3.03. The molecule has 10 heteroatoms. The number of nitrogens with zero attached hydrogens (tertiary/aromatic N) is 3. The van der Waals surface area contributed by atoms with Crippen LogP contribution < -0.4 is 5.32 Å². The van der Waals surface area contributed by atoms with E-state index in [4.69, 9.17) is 11.6 Å². The van der Waals surface area contributed by atoms with Gasteiger partial charge in [0.1, 0.15) is 0 Å². The highest BCUT2D eigenvalue weighted by atomic mass is 35.5. The predicted molar refractivity (Wildman–Crippen MR) is 98.2 cm³/mol. The van der Waals surface area contributed by atoms with Crippen molar-refractivity contribution in [3.05, 3.63) is 52.7 Å². The Bertz CT molecular complexity index is 990. The summed E-state index contributed by atoms with van der Waals surface area (Å²) in [5.74, 6) is -0.339. The molecule has 27 heavy (non-hydrogen) atoms. The number of carbonyl (C=O) groups excluding carboxylic acids is 1. The number of pyridine rings is 1. The normalized spacial score (nSPS) is 11.7. The fourth-order valence-corrected chi connectivity index (χ4v) is 3.34. The maximum atomic E-state index is 13.0. The second-order valence-electron chi connectivity index (χ2n) is 5.64. The van der Waals surface area contributed by atoms with E-state index in [-0.39, 0.29) is 27.5 Å². The molecule has 1 N–H and O–H groups in total. The quantitative estimate of drug-likeness (QED) is 0.615. The molecule has 3 rings (SSSR count). The molecular formula is C17H14ClF3N4OS. The second-order valence-corrected chi connectivity index (χ2v) is 6.99. The molecule has 0 aliphatic heterocycles. The minimum Gasteiger partial charge on any atom is -0.325 e. The Morgan fingerprint density at radius 1 is 1.30 bits per heavy atom.